The van der Waals surface area contributed by atoms with Crippen LogP contribution in [0, 0.1) is 6.57 Å². The van der Waals surface area contributed by atoms with E-state index in [1.165, 1.54) is 23.1 Å². The van der Waals surface area contributed by atoms with Crippen LogP contribution in [0.1, 0.15) is 5.56 Å². The number of fused-ring (bicyclic) bond motifs is 2. The molecule has 1 fully saturated rings. The molecule has 0 aliphatic carbocycles. The van der Waals surface area contributed by atoms with Gasteiger partial charge in [-0.05, 0) is 5.56 Å². The molecule has 0 unspecified atom stereocenters. The minimum Gasteiger partial charge on any atom is -0.399 e. The largest absolute Gasteiger partial charge is 0.471 e. The number of likely N-dealkylation sites (tertiary alicyclic amines) is 1. The minimum atomic E-state index is -4.84. The summed E-state index contributed by atoms with van der Waals surface area (Å²) in [5, 5.41) is 0.400. The molecule has 2 aliphatic rings. The Morgan fingerprint density at radius 1 is 1.45 bits per heavy atom. The Bertz CT molecular complexity index is 641. The van der Waals surface area contributed by atoms with Crippen LogP contribution < -0.4 is 5.73 Å². The third-order valence-electron chi connectivity index (χ3n) is 3.52. The molecule has 1 amide bonds. The molecule has 2 N–H and O–H groups in total. The number of alkyl halides is 3. The Morgan fingerprint density at radius 2 is 2.10 bits per heavy atom. The van der Waals surface area contributed by atoms with Gasteiger partial charge in [-0.25, -0.2) is 4.85 Å². The average molecular weight is 319 g/mol. The lowest BCUT2D eigenvalue weighted by Crippen LogP contribution is -2.63. The van der Waals surface area contributed by atoms with Gasteiger partial charge in [0.25, 0.3) is 0 Å². The maximum Gasteiger partial charge on any atom is 0.471 e. The van der Waals surface area contributed by atoms with Crippen molar-refractivity contribution in [3.8, 4) is 0 Å². The number of amides is 1. The van der Waals surface area contributed by atoms with Crippen molar-refractivity contribution in [3.63, 3.8) is 0 Å². The second-order valence-corrected chi connectivity index (χ2v) is 7.11. The lowest BCUT2D eigenvalue weighted by molar-refractivity contribution is -0.192. The first kappa shape index (κ1) is 13.6. The second kappa shape index (κ2) is 4.05. The van der Waals surface area contributed by atoms with Gasteiger partial charge in [-0.2, -0.15) is 13.2 Å². The number of nitrogen functional groups attached to an aromatic ring is 1. The van der Waals surface area contributed by atoms with Gasteiger partial charge in [-0.3, -0.25) is 4.79 Å². The molecule has 1 saturated heterocycles. The van der Waals surface area contributed by atoms with Crippen molar-refractivity contribution in [2.45, 2.75) is 15.8 Å². The van der Waals surface area contributed by atoms with Gasteiger partial charge >= 0.3 is 12.1 Å². The molecule has 1 aromatic rings. The van der Waals surface area contributed by atoms with E-state index in [1.54, 1.807) is 0 Å². The van der Waals surface area contributed by atoms with Crippen molar-refractivity contribution in [2.75, 3.05) is 24.6 Å². The molecule has 3 rings (SSSR count). The first-order valence-corrected chi connectivity index (χ1v) is 7.38. The Labute approximate surface area is 120 Å². The van der Waals surface area contributed by atoms with E-state index in [9.17, 15) is 18.0 Å². The molecule has 1 spiro atoms. The number of carbonyl (C=O) groups is 1. The molecule has 1 aromatic heterocycles. The van der Waals surface area contributed by atoms with Crippen molar-refractivity contribution in [2.24, 2.45) is 0 Å². The number of anilines is 1. The predicted octanol–water partition coefficient (Wildman–Crippen LogP) is 2.63. The Balaban J connectivity index is 1.88. The van der Waals surface area contributed by atoms with Gasteiger partial charge < -0.3 is 10.6 Å². The maximum absolute atomic E-state index is 12.4. The number of thiophene rings is 1. The number of halogens is 3. The summed E-state index contributed by atoms with van der Waals surface area (Å²) < 4.78 is 38.0. The van der Waals surface area contributed by atoms with Crippen molar-refractivity contribution in [3.05, 3.63) is 17.0 Å². The van der Waals surface area contributed by atoms with Crippen LogP contribution in [0.15, 0.2) is 4.21 Å². The smallest absolute Gasteiger partial charge is 0.399 e. The van der Waals surface area contributed by atoms with Crippen LogP contribution in [-0.2, 0) is 10.2 Å². The maximum atomic E-state index is 12.4. The zero-order valence-electron chi connectivity index (χ0n) is 9.95. The van der Waals surface area contributed by atoms with E-state index in [1.807, 2.05) is 0 Å². The highest BCUT2D eigenvalue weighted by atomic mass is 32.2. The first-order valence-electron chi connectivity index (χ1n) is 5.57. The average Bonchev–Trinajstić information content (AvgIpc) is 2.80. The summed E-state index contributed by atoms with van der Waals surface area (Å²) in [7, 11) is 0. The molecule has 0 radical (unpaired) electrons. The van der Waals surface area contributed by atoms with Crippen LogP contribution in [0.2, 0.25) is 0 Å². The van der Waals surface area contributed by atoms with E-state index in [-0.39, 0.29) is 13.1 Å². The van der Waals surface area contributed by atoms with Gasteiger partial charge in [0.2, 0.25) is 5.69 Å². The molecule has 0 bridgehead atoms. The number of carbonyl (C=O) groups excluding carboxylic acids is 1. The van der Waals surface area contributed by atoms with Gasteiger partial charge in [0.1, 0.15) is 0 Å². The van der Waals surface area contributed by atoms with Crippen molar-refractivity contribution in [1.82, 2.24) is 4.90 Å². The van der Waals surface area contributed by atoms with Gasteiger partial charge in [-0.15, -0.1) is 23.1 Å². The van der Waals surface area contributed by atoms with Crippen LogP contribution in [0.3, 0.4) is 0 Å². The third-order valence-corrected chi connectivity index (χ3v) is 6.08. The third kappa shape index (κ3) is 1.71. The fraction of sp³-hybridized carbons (Fsp3) is 0.455. The summed E-state index contributed by atoms with van der Waals surface area (Å²) in [4.78, 5) is 15.4. The van der Waals surface area contributed by atoms with E-state index in [2.05, 4.69) is 4.85 Å². The quantitative estimate of drug-likeness (QED) is 0.748. The Kier molecular flexibility index (Phi) is 2.75. The number of thioether (sulfide) groups is 1. The topological polar surface area (TPSA) is 50.7 Å². The highest BCUT2D eigenvalue weighted by Gasteiger charge is 2.56. The van der Waals surface area contributed by atoms with Gasteiger partial charge in [0.15, 0.2) is 0 Å². The van der Waals surface area contributed by atoms with E-state index in [0.29, 0.717) is 16.4 Å². The summed E-state index contributed by atoms with van der Waals surface area (Å²) in [5.41, 5.74) is 6.31. The van der Waals surface area contributed by atoms with E-state index in [0.717, 1.165) is 14.7 Å². The number of hydrogen-bond acceptors (Lipinski definition) is 4. The van der Waals surface area contributed by atoms with E-state index in [4.69, 9.17) is 12.3 Å². The molecule has 0 aromatic carbocycles. The molecule has 3 heterocycles. The second-order valence-electron chi connectivity index (χ2n) is 4.82. The van der Waals surface area contributed by atoms with Crippen molar-refractivity contribution in [1.29, 1.82) is 0 Å². The fourth-order valence-corrected chi connectivity index (χ4v) is 5.36. The zero-order valence-corrected chi connectivity index (χ0v) is 11.6. The molecular formula is C11H8F3N3OS2. The van der Waals surface area contributed by atoms with Crippen LogP contribution >= 0.6 is 23.1 Å². The van der Waals surface area contributed by atoms with Crippen molar-refractivity contribution < 1.29 is 18.0 Å². The standard InChI is InChI=1S/C11H8F3N3OS2/c1-16-6-5-8(20-7(6)15)19-4-10(5)2-17(3-10)9(18)11(12,13)14/h2-4,15H2. The van der Waals surface area contributed by atoms with Gasteiger partial charge in [-0.1, -0.05) is 0 Å². The molecule has 106 valence electrons. The molecule has 4 nitrogen and oxygen atoms in total. The summed E-state index contributed by atoms with van der Waals surface area (Å²) >= 11 is 2.79. The molecule has 2 aliphatic heterocycles. The first-order chi connectivity index (χ1) is 9.28. The fourth-order valence-electron chi connectivity index (χ4n) is 2.63. The summed E-state index contributed by atoms with van der Waals surface area (Å²) in [6, 6.07) is 0. The molecule has 0 atom stereocenters. The summed E-state index contributed by atoms with van der Waals surface area (Å²) in [6.07, 6.45) is -4.84. The number of hydrogen-bond donors (Lipinski definition) is 1. The zero-order chi connectivity index (χ0) is 14.7. The highest BCUT2D eigenvalue weighted by molar-refractivity contribution is 8.01. The van der Waals surface area contributed by atoms with E-state index < -0.39 is 17.5 Å². The minimum absolute atomic E-state index is 0.00400. The summed E-state index contributed by atoms with van der Waals surface area (Å²) in [5.74, 6) is -1.22. The van der Waals surface area contributed by atoms with Crippen LogP contribution in [0.4, 0.5) is 23.9 Å². The molecule has 0 saturated carbocycles. The van der Waals surface area contributed by atoms with Gasteiger partial charge in [0.05, 0.1) is 15.8 Å². The van der Waals surface area contributed by atoms with Crippen LogP contribution in [0.5, 0.6) is 0 Å². The molecule has 20 heavy (non-hydrogen) atoms. The van der Waals surface area contributed by atoms with Crippen LogP contribution in [-0.4, -0.2) is 35.8 Å². The lowest BCUT2D eigenvalue weighted by atomic mass is 9.76. The highest BCUT2D eigenvalue weighted by Crippen LogP contribution is 2.58. The van der Waals surface area contributed by atoms with E-state index >= 15 is 0 Å². The lowest BCUT2D eigenvalue weighted by Gasteiger charge is -2.48. The number of nitrogens with two attached hydrogens (primary N) is 1. The molecule has 9 heteroatoms. The van der Waals surface area contributed by atoms with Crippen LogP contribution in [0.25, 0.3) is 4.85 Å². The monoisotopic (exact) mass is 319 g/mol. The Hall–Kier alpha value is -1.40. The van der Waals surface area contributed by atoms with Gasteiger partial charge in [0, 0.05) is 24.3 Å². The Morgan fingerprint density at radius 3 is 2.65 bits per heavy atom. The normalized spacial score (nSPS) is 19.6. The number of nitrogens with zero attached hydrogens (tertiary/aromatic N) is 2. The summed E-state index contributed by atoms with van der Waals surface area (Å²) in [6.45, 7) is 7.17. The van der Waals surface area contributed by atoms with Crippen molar-refractivity contribution >= 4 is 39.7 Å². The SMILES string of the molecule is [C-]#[N+]c1c(N)sc2c1C1(CS2)CN(C(=O)C(F)(F)F)C1. The predicted molar refractivity (Wildman–Crippen MR) is 70.0 cm³/mol. The molecular weight excluding hydrogens is 311 g/mol. The number of rotatable bonds is 0.